The Morgan fingerprint density at radius 1 is 1.08 bits per heavy atom. The number of benzene rings is 3. The second-order valence-corrected chi connectivity index (χ2v) is 6.45. The molecule has 0 fully saturated rings. The number of rotatable bonds is 4. The van der Waals surface area contributed by atoms with Gasteiger partial charge in [0.15, 0.2) is 0 Å². The molecule has 0 atom stereocenters. The summed E-state index contributed by atoms with van der Waals surface area (Å²) in [5.41, 5.74) is 1.44. The highest BCUT2D eigenvalue weighted by molar-refractivity contribution is 9.10. The number of nitriles is 1. The first-order valence-corrected chi connectivity index (χ1v) is 8.66. The third kappa shape index (κ3) is 3.76. The van der Waals surface area contributed by atoms with E-state index in [0.29, 0.717) is 5.69 Å². The first kappa shape index (κ1) is 17.7. The average Bonchev–Trinajstić information content (AvgIpc) is 2.67. The second-order valence-electron chi connectivity index (χ2n) is 5.53. The molecular weight excluding hydrogens is 392 g/mol. The molecule has 0 bridgehead atoms. The van der Waals surface area contributed by atoms with E-state index in [2.05, 4.69) is 21.2 Å². The lowest BCUT2D eigenvalue weighted by atomic mass is 10.0. The van der Waals surface area contributed by atoms with Crippen LogP contribution in [-0.4, -0.2) is 13.0 Å². The van der Waals surface area contributed by atoms with Crippen molar-refractivity contribution in [1.82, 2.24) is 0 Å². The zero-order valence-corrected chi connectivity index (χ0v) is 15.6. The molecule has 0 aliphatic heterocycles. The number of methoxy groups -OCH3 is 1. The molecule has 0 heterocycles. The van der Waals surface area contributed by atoms with Gasteiger partial charge in [-0.15, -0.1) is 0 Å². The van der Waals surface area contributed by atoms with E-state index in [1.165, 1.54) is 0 Å². The lowest BCUT2D eigenvalue weighted by Gasteiger charge is -2.09. The molecule has 3 rings (SSSR count). The molecule has 26 heavy (non-hydrogen) atoms. The van der Waals surface area contributed by atoms with E-state index in [1.54, 1.807) is 25.3 Å². The number of carbonyl (C=O) groups is 1. The van der Waals surface area contributed by atoms with Gasteiger partial charge in [0.05, 0.1) is 7.11 Å². The summed E-state index contributed by atoms with van der Waals surface area (Å²) in [6, 6.07) is 20.5. The first-order chi connectivity index (χ1) is 12.6. The molecule has 3 aromatic carbocycles. The summed E-state index contributed by atoms with van der Waals surface area (Å²) >= 11 is 3.35. The van der Waals surface area contributed by atoms with Crippen LogP contribution in [0.25, 0.3) is 16.8 Å². The Morgan fingerprint density at radius 2 is 1.77 bits per heavy atom. The molecule has 5 heteroatoms. The maximum absolute atomic E-state index is 12.5. The molecule has 0 radical (unpaired) electrons. The van der Waals surface area contributed by atoms with Crippen LogP contribution in [0.2, 0.25) is 0 Å². The van der Waals surface area contributed by atoms with Gasteiger partial charge in [-0.05, 0) is 47.4 Å². The molecule has 4 nitrogen and oxygen atoms in total. The third-order valence-electron chi connectivity index (χ3n) is 3.90. The Morgan fingerprint density at radius 3 is 2.42 bits per heavy atom. The number of nitrogens with zero attached hydrogens (tertiary/aromatic N) is 1. The maximum Gasteiger partial charge on any atom is 0.266 e. The lowest BCUT2D eigenvalue weighted by Crippen LogP contribution is -2.13. The van der Waals surface area contributed by atoms with Gasteiger partial charge >= 0.3 is 0 Å². The van der Waals surface area contributed by atoms with Crippen molar-refractivity contribution in [3.8, 4) is 11.8 Å². The van der Waals surface area contributed by atoms with Crippen LogP contribution in [0.3, 0.4) is 0 Å². The number of nitrogens with one attached hydrogen (secondary N) is 1. The predicted molar refractivity (Wildman–Crippen MR) is 107 cm³/mol. The molecule has 1 N–H and O–H groups in total. The van der Waals surface area contributed by atoms with Crippen LogP contribution in [0.1, 0.15) is 5.56 Å². The van der Waals surface area contributed by atoms with Crippen LogP contribution in [-0.2, 0) is 4.79 Å². The monoisotopic (exact) mass is 406 g/mol. The van der Waals surface area contributed by atoms with Gasteiger partial charge in [0.25, 0.3) is 5.91 Å². The Kier molecular flexibility index (Phi) is 5.35. The molecule has 0 spiro atoms. The average molecular weight is 407 g/mol. The number of carbonyl (C=O) groups excluding carboxylic acids is 1. The van der Waals surface area contributed by atoms with Gasteiger partial charge in [0, 0.05) is 15.5 Å². The molecule has 0 saturated heterocycles. The van der Waals surface area contributed by atoms with Crippen molar-refractivity contribution in [1.29, 1.82) is 5.26 Å². The van der Waals surface area contributed by atoms with Crippen LogP contribution in [0.15, 0.2) is 70.7 Å². The van der Waals surface area contributed by atoms with E-state index >= 15 is 0 Å². The van der Waals surface area contributed by atoms with Crippen molar-refractivity contribution in [3.63, 3.8) is 0 Å². The summed E-state index contributed by atoms with van der Waals surface area (Å²) < 4.78 is 6.29. The van der Waals surface area contributed by atoms with Gasteiger partial charge in [0.1, 0.15) is 17.4 Å². The van der Waals surface area contributed by atoms with Crippen molar-refractivity contribution in [2.24, 2.45) is 0 Å². The smallest absolute Gasteiger partial charge is 0.266 e. The minimum atomic E-state index is -0.449. The molecule has 0 aliphatic rings. The molecule has 0 unspecified atom stereocenters. The number of ether oxygens (including phenoxy) is 1. The SMILES string of the molecule is COc1ccc(/C=C(/C#N)C(=O)Nc2ccc(Br)cc2)c2ccccc12. The van der Waals surface area contributed by atoms with E-state index in [0.717, 1.165) is 26.6 Å². The van der Waals surface area contributed by atoms with Crippen molar-refractivity contribution in [2.45, 2.75) is 0 Å². The number of anilines is 1. The fraction of sp³-hybridized carbons (Fsp3) is 0.0476. The van der Waals surface area contributed by atoms with Crippen LogP contribution >= 0.6 is 15.9 Å². The normalized spacial score (nSPS) is 11.0. The standard InChI is InChI=1S/C21H15BrN2O2/c1-26-20-11-6-14(18-4-2-3-5-19(18)20)12-15(13-23)21(25)24-17-9-7-16(22)8-10-17/h2-12H,1H3,(H,24,25)/b15-12-. The van der Waals surface area contributed by atoms with Crippen molar-refractivity contribution in [3.05, 3.63) is 76.3 Å². The summed E-state index contributed by atoms with van der Waals surface area (Å²) in [6.45, 7) is 0. The second kappa shape index (κ2) is 7.85. The predicted octanol–water partition coefficient (Wildman–Crippen LogP) is 5.16. The van der Waals surface area contributed by atoms with Crippen LogP contribution < -0.4 is 10.1 Å². The molecular formula is C21H15BrN2O2. The minimum Gasteiger partial charge on any atom is -0.496 e. The van der Waals surface area contributed by atoms with E-state index in [1.807, 2.05) is 54.6 Å². The fourth-order valence-electron chi connectivity index (χ4n) is 2.63. The van der Waals surface area contributed by atoms with Gasteiger partial charge in [-0.3, -0.25) is 4.79 Å². The zero-order chi connectivity index (χ0) is 18.5. The molecule has 128 valence electrons. The van der Waals surface area contributed by atoms with Crippen molar-refractivity contribution >= 4 is 44.4 Å². The molecule has 3 aromatic rings. The molecule has 1 amide bonds. The summed E-state index contributed by atoms with van der Waals surface area (Å²) in [6.07, 6.45) is 1.59. The number of halogens is 1. The highest BCUT2D eigenvalue weighted by atomic mass is 79.9. The summed E-state index contributed by atoms with van der Waals surface area (Å²) in [5, 5.41) is 14.0. The number of fused-ring (bicyclic) bond motifs is 1. The first-order valence-electron chi connectivity index (χ1n) is 7.87. The van der Waals surface area contributed by atoms with Gasteiger partial charge in [-0.1, -0.05) is 46.3 Å². The molecule has 0 aromatic heterocycles. The Bertz CT molecular complexity index is 1030. The van der Waals surface area contributed by atoms with Crippen molar-refractivity contribution < 1.29 is 9.53 Å². The van der Waals surface area contributed by atoms with E-state index in [4.69, 9.17) is 4.74 Å². The quantitative estimate of drug-likeness (QED) is 0.480. The number of hydrogen-bond acceptors (Lipinski definition) is 3. The summed E-state index contributed by atoms with van der Waals surface area (Å²) in [5.74, 6) is 0.297. The van der Waals surface area contributed by atoms with Gasteiger partial charge in [0.2, 0.25) is 0 Å². The third-order valence-corrected chi connectivity index (χ3v) is 4.43. The van der Waals surface area contributed by atoms with E-state index in [-0.39, 0.29) is 5.57 Å². The Hall–Kier alpha value is -3.10. The lowest BCUT2D eigenvalue weighted by molar-refractivity contribution is -0.112. The summed E-state index contributed by atoms with van der Waals surface area (Å²) in [7, 11) is 1.61. The van der Waals surface area contributed by atoms with Gasteiger partial charge in [-0.2, -0.15) is 5.26 Å². The van der Waals surface area contributed by atoms with Crippen LogP contribution in [0.4, 0.5) is 5.69 Å². The summed E-state index contributed by atoms with van der Waals surface area (Å²) in [4.78, 5) is 12.5. The number of hydrogen-bond donors (Lipinski definition) is 1. The van der Waals surface area contributed by atoms with E-state index in [9.17, 15) is 10.1 Å². The van der Waals surface area contributed by atoms with Crippen LogP contribution in [0.5, 0.6) is 5.75 Å². The van der Waals surface area contributed by atoms with Gasteiger partial charge < -0.3 is 10.1 Å². The Balaban J connectivity index is 1.97. The Labute approximate surface area is 159 Å². The maximum atomic E-state index is 12.5. The molecule has 0 aliphatic carbocycles. The van der Waals surface area contributed by atoms with E-state index < -0.39 is 5.91 Å². The highest BCUT2D eigenvalue weighted by Gasteiger charge is 2.11. The van der Waals surface area contributed by atoms with Crippen molar-refractivity contribution in [2.75, 3.05) is 12.4 Å². The highest BCUT2D eigenvalue weighted by Crippen LogP contribution is 2.29. The number of amides is 1. The fourth-order valence-corrected chi connectivity index (χ4v) is 2.90. The minimum absolute atomic E-state index is 0.0308. The zero-order valence-electron chi connectivity index (χ0n) is 14.0. The van der Waals surface area contributed by atoms with Crippen LogP contribution in [0, 0.1) is 11.3 Å². The van der Waals surface area contributed by atoms with Gasteiger partial charge in [-0.25, -0.2) is 0 Å². The largest absolute Gasteiger partial charge is 0.496 e. The molecule has 0 saturated carbocycles. The topological polar surface area (TPSA) is 62.1 Å².